The second-order valence-electron chi connectivity index (χ2n) is 10.8. The molecule has 0 aliphatic heterocycles. The van der Waals surface area contributed by atoms with Crippen LogP contribution < -0.4 is 15.9 Å². The quantitative estimate of drug-likeness (QED) is 0.178. The highest BCUT2D eigenvalue weighted by Crippen LogP contribution is 2.44. The molecule has 4 aromatic carbocycles. The van der Waals surface area contributed by atoms with Gasteiger partial charge in [-0.2, -0.15) is 0 Å². The molecule has 0 fully saturated rings. The van der Waals surface area contributed by atoms with Crippen LogP contribution in [0.1, 0.15) is 47.6 Å². The summed E-state index contributed by atoms with van der Waals surface area (Å²) in [6, 6.07) is 27.9. The van der Waals surface area contributed by atoms with E-state index in [-0.39, 0.29) is 17.2 Å². The summed E-state index contributed by atoms with van der Waals surface area (Å²) in [4.78, 5) is 27.6. The predicted molar refractivity (Wildman–Crippen MR) is 164 cm³/mol. The van der Waals surface area contributed by atoms with Crippen molar-refractivity contribution in [3.05, 3.63) is 133 Å². The van der Waals surface area contributed by atoms with E-state index in [1.807, 2.05) is 113 Å². The normalized spacial score (nSPS) is 11.6. The fraction of sp³-hybridized carbons (Fsp3) is 0.176. The molecule has 0 atom stereocenters. The molecule has 0 bridgehead atoms. The topological polar surface area (TPSA) is 107 Å². The minimum Gasteiger partial charge on any atom is -0.491 e. The number of aromatic nitrogens is 4. The Hall–Kier alpha value is -5.04. The zero-order valence-electron chi connectivity index (χ0n) is 23.5. The van der Waals surface area contributed by atoms with Gasteiger partial charge in [-0.3, -0.25) is 30.0 Å². The molecule has 7 heteroatoms. The van der Waals surface area contributed by atoms with Gasteiger partial charge in [-0.25, -0.2) is 0 Å². The molecule has 4 N–H and O–H groups in total. The van der Waals surface area contributed by atoms with Crippen LogP contribution in [0.3, 0.4) is 0 Å². The summed E-state index contributed by atoms with van der Waals surface area (Å²) in [7, 11) is 0. The van der Waals surface area contributed by atoms with Crippen LogP contribution in [0.25, 0.3) is 33.3 Å². The summed E-state index contributed by atoms with van der Waals surface area (Å²) in [6.07, 6.45) is -0.127. The molecule has 0 amide bonds. The number of hydrogen-bond acceptors (Lipinski definition) is 3. The van der Waals surface area contributed by atoms with Gasteiger partial charge in [0.25, 0.3) is 11.1 Å². The molecule has 0 saturated carbocycles. The van der Waals surface area contributed by atoms with Gasteiger partial charge in [-0.15, -0.1) is 0 Å². The molecule has 6 rings (SSSR count). The predicted octanol–water partition coefficient (Wildman–Crippen LogP) is 6.79. The van der Waals surface area contributed by atoms with Crippen LogP contribution >= 0.6 is 0 Å². The number of ether oxygens (including phenoxy) is 1. The Morgan fingerprint density at radius 2 is 1.10 bits per heavy atom. The minimum absolute atomic E-state index is 0.127. The Morgan fingerprint density at radius 3 is 1.61 bits per heavy atom. The van der Waals surface area contributed by atoms with E-state index in [1.165, 1.54) is 0 Å². The summed E-state index contributed by atoms with van der Waals surface area (Å²) in [5, 5.41) is 13.7. The molecule has 0 aliphatic rings. The van der Waals surface area contributed by atoms with Crippen LogP contribution in [0.15, 0.2) is 94.5 Å². The highest BCUT2D eigenvalue weighted by Gasteiger charge is 2.34. The fourth-order valence-corrected chi connectivity index (χ4v) is 5.54. The van der Waals surface area contributed by atoms with E-state index in [1.54, 1.807) is 0 Å². The lowest BCUT2D eigenvalue weighted by molar-refractivity contribution is 0.240. The van der Waals surface area contributed by atoms with Gasteiger partial charge in [0.15, 0.2) is 0 Å². The standard InChI is InChI=1S/C34H32N4O3/c1-19(2)41-26-18-17-22-7-5-6-8-25(22)27(26)28(29-31(35-37-33(29)39)23-13-9-20(3)10-14-23)30-32(36-38-34(30)40)24-15-11-21(4)12-16-24/h5-19,28H,1-4H3,(H2,35,37,39)(H2,36,38,40). The number of hydrogen-bond donors (Lipinski definition) is 4. The van der Waals surface area contributed by atoms with Gasteiger partial charge < -0.3 is 4.74 Å². The number of rotatable bonds is 7. The molecule has 206 valence electrons. The third-order valence-electron chi connectivity index (χ3n) is 7.47. The van der Waals surface area contributed by atoms with Crippen LogP contribution in [0.4, 0.5) is 0 Å². The van der Waals surface area contributed by atoms with Gasteiger partial charge in [-0.05, 0) is 55.7 Å². The number of aryl methyl sites for hydroxylation is 2. The molecule has 0 saturated heterocycles. The first-order valence-corrected chi connectivity index (χ1v) is 13.7. The zero-order valence-corrected chi connectivity index (χ0v) is 23.5. The summed E-state index contributed by atoms with van der Waals surface area (Å²) >= 11 is 0. The molecule has 0 spiro atoms. The average Bonchev–Trinajstić information content (AvgIpc) is 3.53. The first kappa shape index (κ1) is 26.2. The maximum absolute atomic E-state index is 13.8. The van der Waals surface area contributed by atoms with Crippen molar-refractivity contribution in [1.29, 1.82) is 0 Å². The van der Waals surface area contributed by atoms with Gasteiger partial charge in [-0.1, -0.05) is 90.0 Å². The lowest BCUT2D eigenvalue weighted by Crippen LogP contribution is -2.21. The van der Waals surface area contributed by atoms with E-state index >= 15 is 0 Å². The molecule has 7 nitrogen and oxygen atoms in total. The van der Waals surface area contributed by atoms with Crippen molar-refractivity contribution in [2.75, 3.05) is 0 Å². The van der Waals surface area contributed by atoms with Gasteiger partial charge in [0, 0.05) is 5.56 Å². The maximum Gasteiger partial charge on any atom is 0.268 e. The van der Waals surface area contributed by atoms with Gasteiger partial charge >= 0.3 is 0 Å². The summed E-state index contributed by atoms with van der Waals surface area (Å²) in [5.74, 6) is -0.151. The van der Waals surface area contributed by atoms with E-state index in [2.05, 4.69) is 20.4 Å². The van der Waals surface area contributed by atoms with E-state index in [9.17, 15) is 9.59 Å². The second kappa shape index (κ2) is 10.5. The first-order chi connectivity index (χ1) is 19.8. The van der Waals surface area contributed by atoms with Gasteiger partial charge in [0.1, 0.15) is 5.75 Å². The maximum atomic E-state index is 13.8. The average molecular weight is 545 g/mol. The van der Waals surface area contributed by atoms with Crippen LogP contribution in [0, 0.1) is 13.8 Å². The third kappa shape index (κ3) is 4.80. The van der Waals surface area contributed by atoms with Crippen LogP contribution in [0.2, 0.25) is 0 Å². The molecular weight excluding hydrogens is 512 g/mol. The number of fused-ring (bicyclic) bond motifs is 1. The number of H-pyrrole nitrogens is 4. The molecule has 6 aromatic rings. The van der Waals surface area contributed by atoms with E-state index in [0.29, 0.717) is 28.3 Å². The van der Waals surface area contributed by atoms with Crippen molar-refractivity contribution < 1.29 is 4.74 Å². The van der Waals surface area contributed by atoms with E-state index in [0.717, 1.165) is 38.6 Å². The lowest BCUT2D eigenvalue weighted by atomic mass is 9.80. The first-order valence-electron chi connectivity index (χ1n) is 13.7. The number of nitrogens with one attached hydrogen (secondary N) is 4. The summed E-state index contributed by atoms with van der Waals surface area (Å²) in [5.41, 5.74) is 6.17. The lowest BCUT2D eigenvalue weighted by Gasteiger charge is -2.24. The molecule has 2 aromatic heterocycles. The van der Waals surface area contributed by atoms with Crippen molar-refractivity contribution in [2.24, 2.45) is 0 Å². The smallest absolute Gasteiger partial charge is 0.268 e. The summed E-state index contributed by atoms with van der Waals surface area (Å²) in [6.45, 7) is 7.98. The highest BCUT2D eigenvalue weighted by atomic mass is 16.5. The van der Waals surface area contributed by atoms with Crippen molar-refractivity contribution in [3.8, 4) is 28.3 Å². The van der Waals surface area contributed by atoms with Gasteiger partial charge in [0.05, 0.1) is 34.5 Å². The molecule has 0 radical (unpaired) electrons. The molecule has 0 aliphatic carbocycles. The Morgan fingerprint density at radius 1 is 0.585 bits per heavy atom. The largest absolute Gasteiger partial charge is 0.491 e. The Bertz CT molecular complexity index is 1860. The van der Waals surface area contributed by atoms with Crippen LogP contribution in [0.5, 0.6) is 5.75 Å². The van der Waals surface area contributed by atoms with Crippen molar-refractivity contribution in [1.82, 2.24) is 20.4 Å². The van der Waals surface area contributed by atoms with Crippen molar-refractivity contribution in [3.63, 3.8) is 0 Å². The van der Waals surface area contributed by atoms with Crippen molar-refractivity contribution >= 4 is 10.8 Å². The number of aromatic amines is 4. The Balaban J connectivity index is 1.74. The minimum atomic E-state index is -0.771. The number of benzene rings is 4. The van der Waals surface area contributed by atoms with Crippen LogP contribution in [-0.4, -0.2) is 26.5 Å². The van der Waals surface area contributed by atoms with E-state index < -0.39 is 5.92 Å². The van der Waals surface area contributed by atoms with Crippen LogP contribution in [-0.2, 0) is 0 Å². The highest BCUT2D eigenvalue weighted by molar-refractivity contribution is 5.90. The fourth-order valence-electron chi connectivity index (χ4n) is 5.54. The SMILES string of the molecule is Cc1ccc(-c2[nH][nH]c(=O)c2C(c2c(-c3ccc(C)cc3)[nH][nH]c2=O)c2c(OC(C)C)ccc3ccccc23)cc1. The third-order valence-corrected chi connectivity index (χ3v) is 7.47. The van der Waals surface area contributed by atoms with E-state index in [4.69, 9.17) is 4.74 Å². The zero-order chi connectivity index (χ0) is 28.7. The molecular formula is C34H32N4O3. The monoisotopic (exact) mass is 544 g/mol. The molecule has 2 heterocycles. The summed E-state index contributed by atoms with van der Waals surface area (Å²) < 4.78 is 6.39. The van der Waals surface area contributed by atoms with Crippen molar-refractivity contribution in [2.45, 2.75) is 39.7 Å². The molecule has 0 unspecified atom stereocenters. The Kier molecular flexibility index (Phi) is 6.71. The van der Waals surface area contributed by atoms with Gasteiger partial charge in [0.2, 0.25) is 0 Å². The Labute approximate surface area is 237 Å². The second-order valence-corrected chi connectivity index (χ2v) is 10.8. The molecule has 41 heavy (non-hydrogen) atoms.